The Morgan fingerprint density at radius 2 is 1.92 bits per heavy atom. The van der Waals surface area contributed by atoms with E-state index in [9.17, 15) is 13.6 Å². The quantitative estimate of drug-likeness (QED) is 0.852. The molecule has 1 aliphatic heterocycles. The molecule has 1 aromatic heterocycles. The zero-order valence-corrected chi connectivity index (χ0v) is 14.5. The van der Waals surface area contributed by atoms with Gasteiger partial charge in [0.05, 0.1) is 5.69 Å². The van der Waals surface area contributed by atoms with Crippen molar-refractivity contribution < 1.29 is 13.6 Å². The fourth-order valence-corrected chi connectivity index (χ4v) is 3.06. The Morgan fingerprint density at radius 1 is 1.20 bits per heavy atom. The largest absolute Gasteiger partial charge is 0.338 e. The number of rotatable bonds is 4. The number of carbonyl (C=O) groups excluding carboxylic acids is 1. The maximum absolute atomic E-state index is 13.8. The molecule has 0 N–H and O–H groups in total. The van der Waals surface area contributed by atoms with E-state index >= 15 is 0 Å². The zero-order chi connectivity index (χ0) is 18.0. The van der Waals surface area contributed by atoms with Gasteiger partial charge in [0.1, 0.15) is 6.04 Å². The number of nitrogens with zero attached hydrogens (tertiary/aromatic N) is 4. The molecule has 1 unspecified atom stereocenters. The summed E-state index contributed by atoms with van der Waals surface area (Å²) in [6.07, 6.45) is 1.81. The van der Waals surface area contributed by atoms with Crippen LogP contribution >= 0.6 is 0 Å². The van der Waals surface area contributed by atoms with E-state index in [2.05, 4.69) is 5.10 Å². The van der Waals surface area contributed by atoms with Crippen LogP contribution in [0, 0.1) is 18.6 Å². The summed E-state index contributed by atoms with van der Waals surface area (Å²) in [5.41, 5.74) is 1.22. The van der Waals surface area contributed by atoms with Crippen LogP contribution in [0.1, 0.15) is 24.2 Å². The highest BCUT2D eigenvalue weighted by molar-refractivity contribution is 5.80. The highest BCUT2D eigenvalue weighted by Crippen LogP contribution is 2.17. The first kappa shape index (κ1) is 17.5. The molecule has 134 valence electrons. The third-order valence-corrected chi connectivity index (χ3v) is 4.61. The first-order chi connectivity index (χ1) is 12.0. The number of aromatic nitrogens is 2. The number of aryl methyl sites for hydroxylation is 1. The molecule has 7 heteroatoms. The van der Waals surface area contributed by atoms with Gasteiger partial charge in [-0.25, -0.2) is 8.78 Å². The number of hydrogen-bond donors (Lipinski definition) is 0. The van der Waals surface area contributed by atoms with Gasteiger partial charge in [-0.3, -0.25) is 14.4 Å². The van der Waals surface area contributed by atoms with E-state index in [4.69, 9.17) is 0 Å². The zero-order valence-electron chi connectivity index (χ0n) is 14.5. The van der Waals surface area contributed by atoms with Crippen LogP contribution < -0.4 is 0 Å². The van der Waals surface area contributed by atoms with E-state index in [-0.39, 0.29) is 11.9 Å². The Bertz CT molecular complexity index is 753. The number of carbonyl (C=O) groups is 1. The summed E-state index contributed by atoms with van der Waals surface area (Å²) in [4.78, 5) is 16.4. The summed E-state index contributed by atoms with van der Waals surface area (Å²) in [5.74, 6) is -1.59. The Kier molecular flexibility index (Phi) is 5.13. The van der Waals surface area contributed by atoms with Crippen molar-refractivity contribution in [3.8, 4) is 0 Å². The Balaban J connectivity index is 1.56. The van der Waals surface area contributed by atoms with Gasteiger partial charge in [-0.05, 0) is 26.0 Å². The molecule has 3 rings (SSSR count). The van der Waals surface area contributed by atoms with Crippen molar-refractivity contribution in [2.24, 2.45) is 0 Å². The predicted molar refractivity (Wildman–Crippen MR) is 89.9 cm³/mol. The van der Waals surface area contributed by atoms with E-state index in [1.807, 2.05) is 24.8 Å². The van der Waals surface area contributed by atoms with E-state index in [1.165, 1.54) is 6.07 Å². The van der Waals surface area contributed by atoms with Gasteiger partial charge in [-0.15, -0.1) is 0 Å². The highest BCUT2D eigenvalue weighted by Gasteiger charge is 2.26. The molecule has 1 aliphatic rings. The first-order valence-corrected chi connectivity index (χ1v) is 8.41. The van der Waals surface area contributed by atoms with Crippen molar-refractivity contribution in [2.45, 2.75) is 26.4 Å². The Labute approximate surface area is 145 Å². The van der Waals surface area contributed by atoms with Gasteiger partial charge in [-0.2, -0.15) is 5.10 Å². The molecule has 1 fully saturated rings. The van der Waals surface area contributed by atoms with Crippen LogP contribution in [-0.4, -0.2) is 51.7 Å². The van der Waals surface area contributed by atoms with E-state index < -0.39 is 11.6 Å². The second-order valence-corrected chi connectivity index (χ2v) is 6.43. The van der Waals surface area contributed by atoms with Gasteiger partial charge in [0.2, 0.25) is 5.91 Å². The van der Waals surface area contributed by atoms with Gasteiger partial charge in [0.25, 0.3) is 0 Å². The van der Waals surface area contributed by atoms with Crippen molar-refractivity contribution in [1.29, 1.82) is 0 Å². The van der Waals surface area contributed by atoms with E-state index in [0.717, 1.165) is 11.8 Å². The van der Waals surface area contributed by atoms with Crippen LogP contribution in [0.5, 0.6) is 0 Å². The average Bonchev–Trinajstić information content (AvgIpc) is 3.05. The third kappa shape index (κ3) is 3.87. The summed E-state index contributed by atoms with van der Waals surface area (Å²) in [7, 11) is 0. The van der Waals surface area contributed by atoms with Crippen LogP contribution in [0.4, 0.5) is 8.78 Å². The monoisotopic (exact) mass is 348 g/mol. The lowest BCUT2D eigenvalue weighted by Gasteiger charge is -2.36. The molecule has 0 spiro atoms. The number of amides is 1. The van der Waals surface area contributed by atoms with Crippen LogP contribution in [0.3, 0.4) is 0 Å². The molecule has 2 aromatic rings. The Hall–Kier alpha value is -2.28. The van der Waals surface area contributed by atoms with Crippen LogP contribution in [0.25, 0.3) is 0 Å². The molecule has 0 radical (unpaired) electrons. The standard InChI is InChI=1S/C18H22F2N4O/c1-13-6-7-24(21-13)14(2)18(25)23-10-8-22(9-11-23)12-15-4-3-5-16(19)17(15)20/h3-7,14H,8-12H2,1-2H3. The number of halogens is 2. The topological polar surface area (TPSA) is 41.4 Å². The van der Waals surface area contributed by atoms with Gasteiger partial charge in [0, 0.05) is 44.5 Å². The SMILES string of the molecule is Cc1ccn(C(C)C(=O)N2CCN(Cc3cccc(F)c3F)CC2)n1. The van der Waals surface area contributed by atoms with Gasteiger partial charge < -0.3 is 4.90 Å². The van der Waals surface area contributed by atoms with Crippen LogP contribution in [0.2, 0.25) is 0 Å². The molecule has 25 heavy (non-hydrogen) atoms. The smallest absolute Gasteiger partial charge is 0.247 e. The summed E-state index contributed by atoms with van der Waals surface area (Å²) in [6.45, 7) is 6.47. The van der Waals surface area contributed by atoms with Gasteiger partial charge in [0.15, 0.2) is 11.6 Å². The predicted octanol–water partition coefficient (Wildman–Crippen LogP) is 2.38. The van der Waals surface area contributed by atoms with Crippen LogP contribution in [-0.2, 0) is 11.3 Å². The lowest BCUT2D eigenvalue weighted by Crippen LogP contribution is -2.50. The van der Waals surface area contributed by atoms with Crippen molar-refractivity contribution in [2.75, 3.05) is 26.2 Å². The highest BCUT2D eigenvalue weighted by atomic mass is 19.2. The molecule has 1 amide bonds. The molecule has 1 saturated heterocycles. The fourth-order valence-electron chi connectivity index (χ4n) is 3.06. The van der Waals surface area contributed by atoms with E-state index in [1.54, 1.807) is 21.8 Å². The van der Waals surface area contributed by atoms with Gasteiger partial charge >= 0.3 is 0 Å². The van der Waals surface area contributed by atoms with Crippen LogP contribution in [0.15, 0.2) is 30.5 Å². The second-order valence-electron chi connectivity index (χ2n) is 6.43. The molecule has 5 nitrogen and oxygen atoms in total. The fraction of sp³-hybridized carbons (Fsp3) is 0.444. The first-order valence-electron chi connectivity index (χ1n) is 8.41. The van der Waals surface area contributed by atoms with Crippen molar-refractivity contribution in [3.05, 3.63) is 53.4 Å². The minimum Gasteiger partial charge on any atom is -0.338 e. The molecular formula is C18H22F2N4O. The minimum atomic E-state index is -0.824. The lowest BCUT2D eigenvalue weighted by molar-refractivity contribution is -0.136. The van der Waals surface area contributed by atoms with Gasteiger partial charge in [-0.1, -0.05) is 12.1 Å². The molecule has 0 aliphatic carbocycles. The summed E-state index contributed by atoms with van der Waals surface area (Å²) < 4.78 is 28.8. The third-order valence-electron chi connectivity index (χ3n) is 4.61. The average molecular weight is 348 g/mol. The lowest BCUT2D eigenvalue weighted by atomic mass is 10.1. The second kappa shape index (κ2) is 7.31. The normalized spacial score (nSPS) is 16.9. The molecular weight excluding hydrogens is 326 g/mol. The maximum atomic E-state index is 13.8. The molecule has 0 saturated carbocycles. The molecule has 2 heterocycles. The van der Waals surface area contributed by atoms with Crippen molar-refractivity contribution in [3.63, 3.8) is 0 Å². The summed E-state index contributed by atoms with van der Waals surface area (Å²) in [6, 6.07) is 5.75. The number of piperazine rings is 1. The Morgan fingerprint density at radius 3 is 2.56 bits per heavy atom. The van der Waals surface area contributed by atoms with Crippen molar-refractivity contribution in [1.82, 2.24) is 19.6 Å². The molecule has 1 atom stereocenters. The maximum Gasteiger partial charge on any atom is 0.247 e. The number of benzene rings is 1. The number of hydrogen-bond acceptors (Lipinski definition) is 3. The molecule has 0 bridgehead atoms. The summed E-state index contributed by atoms with van der Waals surface area (Å²) >= 11 is 0. The van der Waals surface area contributed by atoms with E-state index in [0.29, 0.717) is 38.3 Å². The summed E-state index contributed by atoms with van der Waals surface area (Å²) in [5, 5.41) is 4.30. The van der Waals surface area contributed by atoms with Crippen molar-refractivity contribution >= 4 is 5.91 Å². The molecule has 1 aromatic carbocycles. The minimum absolute atomic E-state index is 0.0275.